The molecule has 6 heteroatoms. The molecule has 4 aromatic rings. The molecule has 184 valence electrons. The minimum atomic E-state index is -1.26. The van der Waals surface area contributed by atoms with Crippen LogP contribution in [-0.2, 0) is 20.7 Å². The summed E-state index contributed by atoms with van der Waals surface area (Å²) in [5, 5.41) is 15.5. The van der Waals surface area contributed by atoms with Crippen molar-refractivity contribution < 1.29 is 29.0 Å². The molecule has 0 fully saturated rings. The molecule has 5 rings (SSSR count). The van der Waals surface area contributed by atoms with Crippen molar-refractivity contribution in [2.45, 2.75) is 19.4 Å². The summed E-state index contributed by atoms with van der Waals surface area (Å²) in [5.74, 6) is -2.38. The van der Waals surface area contributed by atoms with Gasteiger partial charge in [0.1, 0.15) is 5.75 Å². The van der Waals surface area contributed by atoms with E-state index in [1.165, 1.54) is 0 Å². The van der Waals surface area contributed by atoms with E-state index >= 15 is 0 Å². The first-order valence-corrected chi connectivity index (χ1v) is 12.0. The highest BCUT2D eigenvalue weighted by molar-refractivity contribution is 6.45. The molecule has 0 unspecified atom stereocenters. The first kappa shape index (κ1) is 24.0. The molecule has 0 spiro atoms. The first-order chi connectivity index (χ1) is 18.0. The Balaban J connectivity index is 1.56. The Morgan fingerprint density at radius 2 is 1.59 bits per heavy atom. The summed E-state index contributed by atoms with van der Waals surface area (Å²) in [7, 11) is 0. The Labute approximate surface area is 213 Å². The second-order valence-corrected chi connectivity index (χ2v) is 8.68. The molecule has 4 aromatic carbocycles. The van der Waals surface area contributed by atoms with Crippen molar-refractivity contribution in [3.63, 3.8) is 0 Å². The second kappa shape index (κ2) is 10.1. The van der Waals surface area contributed by atoms with Crippen LogP contribution in [0.25, 0.3) is 16.5 Å². The van der Waals surface area contributed by atoms with Crippen LogP contribution in [0.5, 0.6) is 5.75 Å². The van der Waals surface area contributed by atoms with Crippen LogP contribution in [0.4, 0.5) is 0 Å². The maximum atomic E-state index is 13.8. The average molecular weight is 492 g/mol. The van der Waals surface area contributed by atoms with Crippen molar-refractivity contribution in [2.75, 3.05) is 6.61 Å². The number of rotatable bonds is 8. The number of benzene rings is 4. The maximum absolute atomic E-state index is 13.8. The lowest BCUT2D eigenvalue weighted by Gasteiger charge is -2.23. The number of Topliss-reactive ketones (excluding diaryl/α,β-unsaturated/α-hetero) is 2. The van der Waals surface area contributed by atoms with Gasteiger partial charge >= 0.3 is 5.97 Å². The van der Waals surface area contributed by atoms with Crippen LogP contribution in [0, 0.1) is 0 Å². The van der Waals surface area contributed by atoms with Gasteiger partial charge < -0.3 is 14.6 Å². The highest BCUT2D eigenvalue weighted by Crippen LogP contribution is 2.39. The van der Waals surface area contributed by atoms with E-state index in [1.54, 1.807) is 66.7 Å². The van der Waals surface area contributed by atoms with E-state index in [9.17, 15) is 19.5 Å². The van der Waals surface area contributed by atoms with Gasteiger partial charge in [-0.3, -0.25) is 9.59 Å². The number of ketones is 2. The molecule has 1 heterocycles. The highest BCUT2D eigenvalue weighted by Gasteiger charge is 2.38. The lowest BCUT2D eigenvalue weighted by Crippen LogP contribution is -2.26. The van der Waals surface area contributed by atoms with Gasteiger partial charge in [0.25, 0.3) is 0 Å². The Morgan fingerprint density at radius 3 is 2.35 bits per heavy atom. The van der Waals surface area contributed by atoms with Gasteiger partial charge in [0.15, 0.2) is 6.10 Å². The van der Waals surface area contributed by atoms with E-state index in [1.807, 2.05) is 31.2 Å². The second-order valence-electron chi connectivity index (χ2n) is 8.68. The molecule has 37 heavy (non-hydrogen) atoms. The van der Waals surface area contributed by atoms with Crippen molar-refractivity contribution in [2.24, 2.45) is 0 Å². The highest BCUT2D eigenvalue weighted by atomic mass is 16.5. The Kier molecular flexibility index (Phi) is 6.56. The summed E-state index contributed by atoms with van der Waals surface area (Å²) < 4.78 is 10.9. The number of fused-ring (bicyclic) bond motifs is 2. The number of ether oxygens (including phenoxy) is 2. The minimum absolute atomic E-state index is 0.206. The number of carbonyl (C=O) groups is 3. The molecule has 0 aromatic heterocycles. The smallest absolute Gasteiger partial charge is 0.339 e. The number of carbonyl (C=O) groups excluding carboxylic acids is 3. The number of esters is 1. The van der Waals surface area contributed by atoms with Gasteiger partial charge in [0, 0.05) is 17.6 Å². The predicted molar refractivity (Wildman–Crippen MR) is 137 cm³/mol. The van der Waals surface area contributed by atoms with Crippen molar-refractivity contribution in [3.05, 3.63) is 119 Å². The van der Waals surface area contributed by atoms with Gasteiger partial charge in [-0.2, -0.15) is 0 Å². The molecule has 0 N–H and O–H groups in total. The van der Waals surface area contributed by atoms with Crippen LogP contribution in [-0.4, -0.2) is 24.1 Å². The maximum Gasteiger partial charge on any atom is 0.339 e. The minimum Gasteiger partial charge on any atom is -0.872 e. The molecule has 6 nitrogen and oxygen atoms in total. The van der Waals surface area contributed by atoms with Crippen LogP contribution in [0.1, 0.15) is 40.1 Å². The summed E-state index contributed by atoms with van der Waals surface area (Å²) >= 11 is 0. The lowest BCUT2D eigenvalue weighted by atomic mass is 9.90. The van der Waals surface area contributed by atoms with Gasteiger partial charge in [-0.05, 0) is 53.1 Å². The lowest BCUT2D eigenvalue weighted by molar-refractivity contribution is -0.245. The van der Waals surface area contributed by atoms with Crippen molar-refractivity contribution in [3.8, 4) is 5.75 Å². The summed E-state index contributed by atoms with van der Waals surface area (Å²) in [4.78, 5) is 39.3. The molecule has 1 aliphatic heterocycles. The first-order valence-electron chi connectivity index (χ1n) is 12.0. The van der Waals surface area contributed by atoms with Gasteiger partial charge in [0.05, 0.1) is 12.2 Å². The average Bonchev–Trinajstić information content (AvgIpc) is 3.25. The zero-order chi connectivity index (χ0) is 25.9. The molecular weight excluding hydrogens is 468 g/mol. The van der Waals surface area contributed by atoms with Crippen molar-refractivity contribution >= 4 is 34.1 Å². The zero-order valence-corrected chi connectivity index (χ0v) is 20.1. The monoisotopic (exact) mass is 491 g/mol. The Hall–Kier alpha value is -4.71. The van der Waals surface area contributed by atoms with E-state index in [-0.39, 0.29) is 23.1 Å². The standard InChI is InChI=1S/C31H24O6/c1-2-36-23-15-11-19(12-16-23)17-26(32)29(34)27(30-24-9-5-6-10-25(24)31(35)37-30)28(33)22-14-13-20-7-3-4-8-21(20)18-22/h3-16,18,30,33H,2,17H2,1H3/p-1/t30-/m0/s1. The molecule has 0 bridgehead atoms. The third kappa shape index (κ3) is 4.74. The van der Waals surface area contributed by atoms with Crippen molar-refractivity contribution in [1.82, 2.24) is 0 Å². The predicted octanol–water partition coefficient (Wildman–Crippen LogP) is 4.60. The molecule has 1 atom stereocenters. The summed E-state index contributed by atoms with van der Waals surface area (Å²) in [5.41, 5.74) is 1.12. The summed E-state index contributed by atoms with van der Waals surface area (Å²) in [6.07, 6.45) is -1.47. The van der Waals surface area contributed by atoms with Crippen LogP contribution in [0.3, 0.4) is 0 Å². The van der Waals surface area contributed by atoms with Gasteiger partial charge in [-0.15, -0.1) is 0 Å². The SMILES string of the molecule is CCOc1ccc(CC(=O)C(=O)C(=C([O-])c2ccc3ccccc3c2)[C@H]2OC(=O)c3ccccc32)cc1. The van der Waals surface area contributed by atoms with Crippen LogP contribution in [0.15, 0.2) is 96.6 Å². The van der Waals surface area contributed by atoms with E-state index in [0.29, 0.717) is 23.5 Å². The van der Waals surface area contributed by atoms with Gasteiger partial charge in [0.2, 0.25) is 11.6 Å². The fraction of sp³-hybridized carbons (Fsp3) is 0.129. The third-order valence-electron chi connectivity index (χ3n) is 6.30. The number of cyclic esters (lactones) is 1. The largest absolute Gasteiger partial charge is 0.872 e. The Morgan fingerprint density at radius 1 is 0.892 bits per heavy atom. The van der Waals surface area contributed by atoms with Crippen LogP contribution < -0.4 is 9.84 Å². The van der Waals surface area contributed by atoms with Gasteiger partial charge in [-0.1, -0.05) is 72.5 Å². The molecule has 0 radical (unpaired) electrons. The van der Waals surface area contributed by atoms with E-state index in [4.69, 9.17) is 9.47 Å². The number of hydrogen-bond donors (Lipinski definition) is 0. The molecular formula is C31H23O6-. The fourth-order valence-corrected chi connectivity index (χ4v) is 4.47. The molecule has 0 saturated heterocycles. The van der Waals surface area contributed by atoms with E-state index in [0.717, 1.165) is 10.8 Å². The van der Waals surface area contributed by atoms with Crippen molar-refractivity contribution in [1.29, 1.82) is 0 Å². The molecule has 1 aliphatic rings. The van der Waals surface area contributed by atoms with Crippen LogP contribution >= 0.6 is 0 Å². The zero-order valence-electron chi connectivity index (χ0n) is 20.1. The Bertz CT molecular complexity index is 1550. The normalized spacial score (nSPS) is 15.1. The van der Waals surface area contributed by atoms with Crippen LogP contribution in [0.2, 0.25) is 0 Å². The van der Waals surface area contributed by atoms with Gasteiger partial charge in [-0.25, -0.2) is 4.79 Å². The topological polar surface area (TPSA) is 92.7 Å². The third-order valence-corrected chi connectivity index (χ3v) is 6.30. The number of hydrogen-bond acceptors (Lipinski definition) is 6. The molecule has 0 amide bonds. The molecule has 0 aliphatic carbocycles. The van der Waals surface area contributed by atoms with E-state index in [2.05, 4.69) is 0 Å². The van der Waals surface area contributed by atoms with E-state index < -0.39 is 29.4 Å². The summed E-state index contributed by atoms with van der Waals surface area (Å²) in [6.45, 7) is 2.38. The fourth-order valence-electron chi connectivity index (χ4n) is 4.47. The summed E-state index contributed by atoms with van der Waals surface area (Å²) in [6, 6.07) is 26.0. The quantitative estimate of drug-likeness (QED) is 0.155. The molecule has 0 saturated carbocycles.